The molecule has 1 aromatic carbocycles. The summed E-state index contributed by atoms with van der Waals surface area (Å²) in [5.74, 6) is 0. The Bertz CT molecular complexity index is 714. The highest BCUT2D eigenvalue weighted by atomic mass is 16.6. The lowest BCUT2D eigenvalue weighted by Crippen LogP contribution is -2.41. The molecule has 3 nitrogen and oxygen atoms in total. The van der Waals surface area contributed by atoms with Crippen molar-refractivity contribution in [2.75, 3.05) is 19.7 Å². The first-order valence-corrected chi connectivity index (χ1v) is 8.28. The summed E-state index contributed by atoms with van der Waals surface area (Å²) in [5, 5.41) is 1.51. The number of fused-ring (bicyclic) bond motifs is 3. The number of nitrogens with zero attached hydrogens (tertiary/aromatic N) is 2. The van der Waals surface area contributed by atoms with Crippen LogP contribution in [-0.2, 0) is 17.7 Å². The van der Waals surface area contributed by atoms with E-state index < -0.39 is 0 Å². The van der Waals surface area contributed by atoms with Gasteiger partial charge in [-0.1, -0.05) is 11.6 Å². The summed E-state index contributed by atoms with van der Waals surface area (Å²) < 4.78 is 8.08. The van der Waals surface area contributed by atoms with Crippen LogP contribution in [-0.4, -0.2) is 35.3 Å². The summed E-state index contributed by atoms with van der Waals surface area (Å²) in [4.78, 5) is 2.68. The van der Waals surface area contributed by atoms with Crippen LogP contribution in [0.4, 0.5) is 0 Å². The van der Waals surface area contributed by atoms with Crippen LogP contribution in [0.1, 0.15) is 35.7 Å². The normalized spacial score (nSPS) is 27.9. The first kappa shape index (κ1) is 12.2. The van der Waals surface area contributed by atoms with E-state index in [1.165, 1.54) is 42.3 Å². The van der Waals surface area contributed by atoms with E-state index in [9.17, 15) is 0 Å². The zero-order chi connectivity index (χ0) is 14.0. The SMILES string of the molecule is Cc1ccc2c(c1)c1c3n2CCN(C[C@H]2CO2)[C@H]3CCC1. The standard InChI is InChI=1S/C18H22N2O/c1-12-5-6-16-15(9-12)14-3-2-4-17-18(14)20(16)8-7-19(17)10-13-11-21-13/h5-6,9,13,17H,2-4,7-8,10-11H2,1H3/t13-,17-/m0/s1. The Kier molecular flexibility index (Phi) is 2.53. The van der Waals surface area contributed by atoms with Gasteiger partial charge in [-0.2, -0.15) is 0 Å². The maximum atomic E-state index is 5.47. The van der Waals surface area contributed by atoms with Crippen molar-refractivity contribution < 1.29 is 4.74 Å². The summed E-state index contributed by atoms with van der Waals surface area (Å²) >= 11 is 0. The molecule has 1 aromatic heterocycles. The average molecular weight is 282 g/mol. The largest absolute Gasteiger partial charge is 0.372 e. The van der Waals surface area contributed by atoms with Crippen LogP contribution in [0, 0.1) is 6.92 Å². The molecule has 2 aromatic rings. The van der Waals surface area contributed by atoms with E-state index in [-0.39, 0.29) is 0 Å². The van der Waals surface area contributed by atoms with Crippen LogP contribution < -0.4 is 0 Å². The lowest BCUT2D eigenvalue weighted by molar-refractivity contribution is 0.130. The molecule has 0 radical (unpaired) electrons. The van der Waals surface area contributed by atoms with Gasteiger partial charge < -0.3 is 9.30 Å². The van der Waals surface area contributed by atoms with Gasteiger partial charge in [0.25, 0.3) is 0 Å². The Hall–Kier alpha value is -1.32. The summed E-state index contributed by atoms with van der Waals surface area (Å²) in [7, 11) is 0. The highest BCUT2D eigenvalue weighted by Crippen LogP contribution is 2.43. The second kappa shape index (κ2) is 4.34. The van der Waals surface area contributed by atoms with Gasteiger partial charge in [-0.3, -0.25) is 4.90 Å². The van der Waals surface area contributed by atoms with Gasteiger partial charge in [-0.05, 0) is 43.9 Å². The highest BCUT2D eigenvalue weighted by Gasteiger charge is 2.37. The minimum absolute atomic E-state index is 0.508. The fourth-order valence-electron chi connectivity index (χ4n) is 4.44. The van der Waals surface area contributed by atoms with Crippen molar-refractivity contribution in [2.45, 2.75) is 44.9 Å². The molecular weight excluding hydrogens is 260 g/mol. The minimum atomic E-state index is 0.508. The third kappa shape index (κ3) is 1.80. The predicted octanol–water partition coefficient (Wildman–Crippen LogP) is 3.04. The summed E-state index contributed by atoms with van der Waals surface area (Å²) in [6.45, 7) is 6.62. The van der Waals surface area contributed by atoms with Gasteiger partial charge in [-0.15, -0.1) is 0 Å². The molecule has 5 rings (SSSR count). The Morgan fingerprint density at radius 2 is 2.19 bits per heavy atom. The smallest absolute Gasteiger partial charge is 0.0936 e. The fraction of sp³-hybridized carbons (Fsp3) is 0.556. The van der Waals surface area contributed by atoms with Crippen molar-refractivity contribution in [3.63, 3.8) is 0 Å². The van der Waals surface area contributed by atoms with Gasteiger partial charge in [0.2, 0.25) is 0 Å². The van der Waals surface area contributed by atoms with Crippen LogP contribution in [0.5, 0.6) is 0 Å². The molecule has 0 N–H and O–H groups in total. The maximum absolute atomic E-state index is 5.47. The maximum Gasteiger partial charge on any atom is 0.0936 e. The first-order valence-electron chi connectivity index (χ1n) is 8.28. The second-order valence-electron chi connectivity index (χ2n) is 6.89. The van der Waals surface area contributed by atoms with Gasteiger partial charge in [0.15, 0.2) is 0 Å². The third-order valence-corrected chi connectivity index (χ3v) is 5.48. The minimum Gasteiger partial charge on any atom is -0.372 e. The van der Waals surface area contributed by atoms with E-state index >= 15 is 0 Å². The molecule has 3 heterocycles. The predicted molar refractivity (Wildman–Crippen MR) is 83.7 cm³/mol. The molecule has 1 fully saturated rings. The van der Waals surface area contributed by atoms with Gasteiger partial charge in [0.1, 0.15) is 0 Å². The molecule has 1 aliphatic carbocycles. The van der Waals surface area contributed by atoms with E-state index in [0.717, 1.165) is 19.7 Å². The molecule has 0 bridgehead atoms. The third-order valence-electron chi connectivity index (χ3n) is 5.48. The number of hydrogen-bond acceptors (Lipinski definition) is 2. The van der Waals surface area contributed by atoms with Crippen LogP contribution >= 0.6 is 0 Å². The zero-order valence-corrected chi connectivity index (χ0v) is 12.6. The lowest BCUT2D eigenvalue weighted by Gasteiger charge is -2.39. The van der Waals surface area contributed by atoms with Crippen LogP contribution in [0.3, 0.4) is 0 Å². The topological polar surface area (TPSA) is 20.7 Å². The molecule has 1 saturated heterocycles. The zero-order valence-electron chi connectivity index (χ0n) is 12.6. The molecule has 0 saturated carbocycles. The van der Waals surface area contributed by atoms with E-state index in [0.29, 0.717) is 12.1 Å². The van der Waals surface area contributed by atoms with Gasteiger partial charge in [0, 0.05) is 36.2 Å². The van der Waals surface area contributed by atoms with E-state index in [1.807, 2.05) is 0 Å². The van der Waals surface area contributed by atoms with Crippen molar-refractivity contribution in [2.24, 2.45) is 0 Å². The molecule has 3 aliphatic rings. The summed E-state index contributed by atoms with van der Waals surface area (Å²) in [5.41, 5.74) is 6.09. The Labute approximate surface area is 125 Å². The Morgan fingerprint density at radius 3 is 3.05 bits per heavy atom. The van der Waals surface area contributed by atoms with E-state index in [1.54, 1.807) is 11.3 Å². The van der Waals surface area contributed by atoms with Crippen LogP contribution in [0.15, 0.2) is 18.2 Å². The number of hydrogen-bond donors (Lipinski definition) is 0. The summed E-state index contributed by atoms with van der Waals surface area (Å²) in [6.07, 6.45) is 4.41. The molecule has 0 amide bonds. The molecule has 0 unspecified atom stereocenters. The van der Waals surface area contributed by atoms with Crippen molar-refractivity contribution in [3.05, 3.63) is 35.0 Å². The lowest BCUT2D eigenvalue weighted by atomic mass is 9.89. The highest BCUT2D eigenvalue weighted by molar-refractivity contribution is 5.87. The monoisotopic (exact) mass is 282 g/mol. The average Bonchev–Trinajstić information content (AvgIpc) is 3.26. The van der Waals surface area contributed by atoms with Gasteiger partial charge in [0.05, 0.1) is 18.8 Å². The van der Waals surface area contributed by atoms with E-state index in [2.05, 4.69) is 34.6 Å². The summed E-state index contributed by atoms with van der Waals surface area (Å²) in [6, 6.07) is 7.61. The van der Waals surface area contributed by atoms with Crippen molar-refractivity contribution in [1.82, 2.24) is 9.47 Å². The van der Waals surface area contributed by atoms with Crippen LogP contribution in [0.25, 0.3) is 10.9 Å². The number of aryl methyl sites for hydroxylation is 2. The van der Waals surface area contributed by atoms with E-state index in [4.69, 9.17) is 4.74 Å². The molecule has 21 heavy (non-hydrogen) atoms. The number of rotatable bonds is 2. The molecule has 110 valence electrons. The fourth-order valence-corrected chi connectivity index (χ4v) is 4.44. The van der Waals surface area contributed by atoms with Gasteiger partial charge >= 0.3 is 0 Å². The van der Waals surface area contributed by atoms with Gasteiger partial charge in [-0.25, -0.2) is 0 Å². The van der Waals surface area contributed by atoms with Crippen molar-refractivity contribution in [1.29, 1.82) is 0 Å². The molecule has 0 spiro atoms. The Balaban J connectivity index is 1.67. The van der Waals surface area contributed by atoms with Crippen molar-refractivity contribution in [3.8, 4) is 0 Å². The number of aromatic nitrogens is 1. The quantitative estimate of drug-likeness (QED) is 0.789. The number of epoxide rings is 1. The molecule has 2 atom stereocenters. The second-order valence-corrected chi connectivity index (χ2v) is 6.89. The van der Waals surface area contributed by atoms with Crippen LogP contribution in [0.2, 0.25) is 0 Å². The Morgan fingerprint density at radius 1 is 1.29 bits per heavy atom. The first-order chi connectivity index (χ1) is 10.3. The van der Waals surface area contributed by atoms with Crippen molar-refractivity contribution >= 4 is 10.9 Å². The molecule has 3 heteroatoms. The number of ether oxygens (including phenoxy) is 1. The number of benzene rings is 1. The molecular formula is C18H22N2O. The molecule has 2 aliphatic heterocycles.